The molecule has 0 aliphatic rings. The van der Waals surface area contributed by atoms with Crippen LogP contribution in [0.1, 0.15) is 38.5 Å². The van der Waals surface area contributed by atoms with E-state index in [1.165, 1.54) is 0 Å². The number of aliphatic hydroxyl groups is 2. The number of unbranched alkanes of at least 4 members (excludes halogenated alkanes) is 1. The zero-order chi connectivity index (χ0) is 26.0. The molecule has 0 heterocycles. The standard InChI is InChI=1S/C22H52N2O8Si2/c1-23(15-11-17-33(27-3,28-4)29-5)19-21(25)13-9-10-14-22(26)20-24(2)16-12-18-34(30-6,31-7)32-8/h21-22,25-26H,9-20H2,1-8H3. The Bertz CT molecular complexity index is 429. The number of nitrogens with zero attached hydrogens (tertiary/aromatic N) is 2. The molecule has 0 saturated heterocycles. The molecule has 2 N–H and O–H groups in total. The monoisotopic (exact) mass is 528 g/mol. The second-order valence-corrected chi connectivity index (χ2v) is 15.1. The number of aliphatic hydroxyl groups excluding tert-OH is 2. The molecule has 10 nitrogen and oxygen atoms in total. The van der Waals surface area contributed by atoms with Gasteiger partial charge in [0.05, 0.1) is 12.2 Å². The van der Waals surface area contributed by atoms with Crippen LogP contribution in [0.2, 0.25) is 12.1 Å². The van der Waals surface area contributed by atoms with Gasteiger partial charge in [-0.2, -0.15) is 0 Å². The van der Waals surface area contributed by atoms with Crippen LogP contribution < -0.4 is 0 Å². The second-order valence-electron chi connectivity index (χ2n) is 8.91. The van der Waals surface area contributed by atoms with Crippen molar-refractivity contribution >= 4 is 17.6 Å². The summed E-state index contributed by atoms with van der Waals surface area (Å²) in [5.41, 5.74) is 0. The molecule has 2 unspecified atom stereocenters. The molecular weight excluding hydrogens is 476 g/mol. The third-order valence-corrected chi connectivity index (χ3v) is 11.9. The van der Waals surface area contributed by atoms with Crippen LogP contribution in [0.15, 0.2) is 0 Å². The van der Waals surface area contributed by atoms with Crippen molar-refractivity contribution in [2.45, 2.75) is 62.8 Å². The number of rotatable bonds is 23. The van der Waals surface area contributed by atoms with Gasteiger partial charge in [-0.05, 0) is 52.9 Å². The molecule has 0 aliphatic carbocycles. The molecule has 0 amide bonds. The Labute approximate surface area is 210 Å². The summed E-state index contributed by atoms with van der Waals surface area (Å²) in [6, 6.07) is 1.49. The Kier molecular flexibility index (Phi) is 19.2. The summed E-state index contributed by atoms with van der Waals surface area (Å²) in [5, 5.41) is 20.7. The molecular formula is C22H52N2O8Si2. The fourth-order valence-corrected chi connectivity index (χ4v) is 7.49. The van der Waals surface area contributed by atoms with Gasteiger partial charge in [-0.15, -0.1) is 0 Å². The molecule has 34 heavy (non-hydrogen) atoms. The highest BCUT2D eigenvalue weighted by atomic mass is 28.4. The first-order valence-corrected chi connectivity index (χ1v) is 16.1. The van der Waals surface area contributed by atoms with Crippen LogP contribution in [0.4, 0.5) is 0 Å². The van der Waals surface area contributed by atoms with Gasteiger partial charge >= 0.3 is 17.6 Å². The lowest BCUT2D eigenvalue weighted by atomic mass is 10.1. The smallest absolute Gasteiger partial charge is 0.392 e. The van der Waals surface area contributed by atoms with E-state index in [2.05, 4.69) is 9.80 Å². The lowest BCUT2D eigenvalue weighted by Crippen LogP contribution is -2.43. The first kappa shape index (κ1) is 34.0. The molecule has 2 atom stereocenters. The van der Waals surface area contributed by atoms with Crippen LogP contribution >= 0.6 is 0 Å². The Balaban J connectivity index is 3.97. The van der Waals surface area contributed by atoms with E-state index >= 15 is 0 Å². The highest BCUT2D eigenvalue weighted by Crippen LogP contribution is 2.17. The van der Waals surface area contributed by atoms with E-state index in [0.29, 0.717) is 13.1 Å². The molecule has 0 aromatic heterocycles. The maximum absolute atomic E-state index is 10.3. The van der Waals surface area contributed by atoms with Gasteiger partial charge in [0, 0.05) is 67.8 Å². The lowest BCUT2D eigenvalue weighted by molar-refractivity contribution is 0.0990. The van der Waals surface area contributed by atoms with Crippen molar-refractivity contribution in [1.82, 2.24) is 9.80 Å². The maximum atomic E-state index is 10.3. The molecule has 0 aromatic rings. The fraction of sp³-hybridized carbons (Fsp3) is 1.00. The summed E-state index contributed by atoms with van der Waals surface area (Å²) in [6.07, 6.45) is 4.29. The van der Waals surface area contributed by atoms with E-state index < -0.39 is 17.6 Å². The van der Waals surface area contributed by atoms with Gasteiger partial charge in [0.25, 0.3) is 0 Å². The molecule has 0 fully saturated rings. The van der Waals surface area contributed by atoms with Crippen molar-refractivity contribution in [2.75, 3.05) is 82.9 Å². The summed E-state index contributed by atoms with van der Waals surface area (Å²) in [4.78, 5) is 4.26. The minimum absolute atomic E-state index is 0.370. The predicted octanol–water partition coefficient (Wildman–Crippen LogP) is 1.67. The lowest BCUT2D eigenvalue weighted by Gasteiger charge is -2.26. The first-order chi connectivity index (χ1) is 16.1. The Morgan fingerprint density at radius 2 is 0.853 bits per heavy atom. The predicted molar refractivity (Wildman–Crippen MR) is 138 cm³/mol. The van der Waals surface area contributed by atoms with Crippen molar-refractivity contribution in [2.24, 2.45) is 0 Å². The topological polar surface area (TPSA) is 102 Å². The SMILES string of the molecule is CO[Si](CCCN(C)CC(O)CCCCC(O)CN(C)CCC[Si](OC)(OC)OC)(OC)OC. The average molecular weight is 529 g/mol. The van der Waals surface area contributed by atoms with Gasteiger partial charge < -0.3 is 46.6 Å². The molecule has 0 aliphatic heterocycles. The van der Waals surface area contributed by atoms with Gasteiger partial charge in [0.1, 0.15) is 0 Å². The average Bonchev–Trinajstić information content (AvgIpc) is 2.83. The van der Waals surface area contributed by atoms with Crippen LogP contribution in [-0.2, 0) is 26.6 Å². The molecule has 0 aromatic carbocycles. The van der Waals surface area contributed by atoms with Crippen molar-refractivity contribution < 1.29 is 36.8 Å². The fourth-order valence-electron chi connectivity index (χ4n) is 4.09. The minimum Gasteiger partial charge on any atom is -0.392 e. The third kappa shape index (κ3) is 13.9. The molecule has 0 radical (unpaired) electrons. The van der Waals surface area contributed by atoms with Crippen LogP contribution in [0.3, 0.4) is 0 Å². The van der Waals surface area contributed by atoms with Crippen molar-refractivity contribution in [3.05, 3.63) is 0 Å². The van der Waals surface area contributed by atoms with E-state index in [9.17, 15) is 10.2 Å². The molecule has 0 rings (SSSR count). The van der Waals surface area contributed by atoms with Crippen LogP contribution in [0.25, 0.3) is 0 Å². The Hall–Kier alpha value is 0.0338. The second kappa shape index (κ2) is 19.2. The zero-order valence-corrected chi connectivity index (χ0v) is 24.9. The van der Waals surface area contributed by atoms with E-state index in [1.54, 1.807) is 42.7 Å². The van der Waals surface area contributed by atoms with Gasteiger partial charge in [0.2, 0.25) is 0 Å². The van der Waals surface area contributed by atoms with Gasteiger partial charge in [0.15, 0.2) is 0 Å². The Morgan fingerprint density at radius 1 is 0.559 bits per heavy atom. The van der Waals surface area contributed by atoms with Crippen LogP contribution in [0, 0.1) is 0 Å². The highest BCUT2D eigenvalue weighted by Gasteiger charge is 2.37. The highest BCUT2D eigenvalue weighted by molar-refractivity contribution is 6.60. The van der Waals surface area contributed by atoms with Gasteiger partial charge in [-0.1, -0.05) is 12.8 Å². The number of hydrogen-bond donors (Lipinski definition) is 2. The third-order valence-electron chi connectivity index (χ3n) is 6.28. The maximum Gasteiger partial charge on any atom is 0.500 e. The molecule has 12 heteroatoms. The van der Waals surface area contributed by atoms with E-state index in [0.717, 1.165) is 63.7 Å². The first-order valence-electron chi connectivity index (χ1n) is 12.2. The van der Waals surface area contributed by atoms with Gasteiger partial charge in [-0.25, -0.2) is 0 Å². The summed E-state index contributed by atoms with van der Waals surface area (Å²) in [5.74, 6) is 0. The summed E-state index contributed by atoms with van der Waals surface area (Å²) >= 11 is 0. The molecule has 0 saturated carbocycles. The molecule has 0 bridgehead atoms. The van der Waals surface area contributed by atoms with Gasteiger partial charge in [-0.3, -0.25) is 0 Å². The largest absolute Gasteiger partial charge is 0.500 e. The van der Waals surface area contributed by atoms with E-state index in [-0.39, 0.29) is 12.2 Å². The van der Waals surface area contributed by atoms with E-state index in [1.807, 2.05) is 14.1 Å². The number of likely N-dealkylation sites (N-methyl/N-ethyl adjacent to an activating group) is 2. The minimum atomic E-state index is -2.53. The quantitative estimate of drug-likeness (QED) is 0.150. The zero-order valence-electron chi connectivity index (χ0n) is 22.9. The van der Waals surface area contributed by atoms with E-state index in [4.69, 9.17) is 26.6 Å². The van der Waals surface area contributed by atoms with Crippen LogP contribution in [0.5, 0.6) is 0 Å². The normalized spacial score (nSPS) is 14.8. The number of hydrogen-bond acceptors (Lipinski definition) is 10. The summed E-state index contributed by atoms with van der Waals surface area (Å²) in [7, 11) is 8.72. The Morgan fingerprint density at radius 3 is 1.12 bits per heavy atom. The summed E-state index contributed by atoms with van der Waals surface area (Å²) < 4.78 is 32.7. The summed E-state index contributed by atoms with van der Waals surface area (Å²) in [6.45, 7) is 2.94. The van der Waals surface area contributed by atoms with Crippen molar-refractivity contribution in [3.63, 3.8) is 0 Å². The van der Waals surface area contributed by atoms with Crippen molar-refractivity contribution in [3.8, 4) is 0 Å². The van der Waals surface area contributed by atoms with Crippen LogP contribution in [-0.4, -0.2) is 133 Å². The van der Waals surface area contributed by atoms with Crippen molar-refractivity contribution in [1.29, 1.82) is 0 Å². The molecule has 206 valence electrons. The molecule has 0 spiro atoms.